The molecule has 2 aromatic carbocycles. The predicted octanol–water partition coefficient (Wildman–Crippen LogP) is 2.15. The minimum atomic E-state index is -3.26. The van der Waals surface area contributed by atoms with Crippen molar-refractivity contribution in [2.45, 2.75) is 25.1 Å². The van der Waals surface area contributed by atoms with Crippen LogP contribution in [0.15, 0.2) is 48.5 Å². The number of para-hydroxylation sites is 3. The van der Waals surface area contributed by atoms with E-state index in [1.807, 2.05) is 24.3 Å². The first kappa shape index (κ1) is 20.4. The molecule has 0 unspecified atom stereocenters. The van der Waals surface area contributed by atoms with Gasteiger partial charge in [0.15, 0.2) is 9.84 Å². The Morgan fingerprint density at radius 1 is 1.13 bits per heavy atom. The first-order valence-corrected chi connectivity index (χ1v) is 12.2. The lowest BCUT2D eigenvalue weighted by atomic mass is 10.2. The molecule has 0 fully saturated rings. The van der Waals surface area contributed by atoms with E-state index < -0.39 is 9.84 Å². The fraction of sp³-hybridized carbons (Fsp3) is 0.364. The number of rotatable bonds is 8. The van der Waals surface area contributed by atoms with E-state index in [0.717, 1.165) is 31.4 Å². The normalized spacial score (nSPS) is 13.6. The first-order chi connectivity index (χ1) is 14.4. The fourth-order valence-corrected chi connectivity index (χ4v) is 4.67. The highest BCUT2D eigenvalue weighted by Crippen LogP contribution is 2.27. The molecular formula is C22H26N4O3S. The van der Waals surface area contributed by atoms with Gasteiger partial charge in [-0.1, -0.05) is 30.3 Å². The number of fused-ring (bicyclic) bond motifs is 2. The second-order valence-corrected chi connectivity index (χ2v) is 9.88. The molecule has 1 aromatic heterocycles. The lowest BCUT2D eigenvalue weighted by Gasteiger charge is -2.19. The SMILES string of the molecule is CS(=O)(=O)Cc1nc2ccccc2n1CC(=O)NCCCN1CCc2ccccc21. The summed E-state index contributed by atoms with van der Waals surface area (Å²) in [6.07, 6.45) is 3.09. The molecule has 158 valence electrons. The molecule has 0 saturated carbocycles. The molecular weight excluding hydrogens is 400 g/mol. The molecule has 0 radical (unpaired) electrons. The lowest BCUT2D eigenvalue weighted by molar-refractivity contribution is -0.121. The minimum absolute atomic E-state index is 0.0535. The summed E-state index contributed by atoms with van der Waals surface area (Å²) in [6.45, 7) is 2.54. The van der Waals surface area contributed by atoms with Gasteiger partial charge in [-0.05, 0) is 36.6 Å². The monoisotopic (exact) mass is 426 g/mol. The average Bonchev–Trinajstić information content (AvgIpc) is 3.26. The van der Waals surface area contributed by atoms with Crippen molar-refractivity contribution in [2.24, 2.45) is 0 Å². The van der Waals surface area contributed by atoms with Crippen molar-refractivity contribution < 1.29 is 13.2 Å². The maximum Gasteiger partial charge on any atom is 0.240 e. The topological polar surface area (TPSA) is 84.3 Å². The van der Waals surface area contributed by atoms with Gasteiger partial charge in [-0.2, -0.15) is 0 Å². The van der Waals surface area contributed by atoms with Crippen molar-refractivity contribution in [1.82, 2.24) is 14.9 Å². The molecule has 1 amide bonds. The number of nitrogens with one attached hydrogen (secondary N) is 1. The molecule has 0 aliphatic carbocycles. The zero-order chi connectivity index (χ0) is 21.1. The summed E-state index contributed by atoms with van der Waals surface area (Å²) in [7, 11) is -3.26. The summed E-state index contributed by atoms with van der Waals surface area (Å²) in [4.78, 5) is 19.3. The summed E-state index contributed by atoms with van der Waals surface area (Å²) < 4.78 is 25.3. The third-order valence-electron chi connectivity index (χ3n) is 5.34. The smallest absolute Gasteiger partial charge is 0.240 e. The van der Waals surface area contributed by atoms with Gasteiger partial charge in [-0.15, -0.1) is 0 Å². The standard InChI is InChI=1S/C22H26N4O3S/c1-30(28,29)16-21-24-18-8-3-5-10-20(18)26(21)15-22(27)23-12-6-13-25-14-11-17-7-2-4-9-19(17)25/h2-5,7-10H,6,11-16H2,1H3,(H,23,27). The van der Waals surface area contributed by atoms with Crippen LogP contribution in [0.4, 0.5) is 5.69 Å². The van der Waals surface area contributed by atoms with Crippen molar-refractivity contribution in [1.29, 1.82) is 0 Å². The molecule has 8 heteroatoms. The second kappa shape index (κ2) is 8.47. The Bertz CT molecular complexity index is 1170. The number of aromatic nitrogens is 2. The quantitative estimate of drug-likeness (QED) is 0.558. The number of carbonyl (C=O) groups excluding carboxylic acids is 1. The maximum absolute atomic E-state index is 12.5. The zero-order valence-electron chi connectivity index (χ0n) is 17.0. The van der Waals surface area contributed by atoms with E-state index in [4.69, 9.17) is 0 Å². The van der Waals surface area contributed by atoms with Crippen LogP contribution in [0.3, 0.4) is 0 Å². The van der Waals surface area contributed by atoms with Crippen LogP contribution in [0.2, 0.25) is 0 Å². The summed E-state index contributed by atoms with van der Waals surface area (Å²) in [5.74, 6) is 0.0563. The predicted molar refractivity (Wildman–Crippen MR) is 118 cm³/mol. The molecule has 0 saturated heterocycles. The Labute approximate surface area is 176 Å². The van der Waals surface area contributed by atoms with Gasteiger partial charge in [0.25, 0.3) is 0 Å². The van der Waals surface area contributed by atoms with Crippen LogP contribution in [0, 0.1) is 0 Å². The van der Waals surface area contributed by atoms with Crippen molar-refractivity contribution in [3.05, 3.63) is 59.9 Å². The van der Waals surface area contributed by atoms with Crippen molar-refractivity contribution in [3.8, 4) is 0 Å². The third kappa shape index (κ3) is 4.64. The van der Waals surface area contributed by atoms with Crippen LogP contribution in [-0.2, 0) is 33.4 Å². The van der Waals surface area contributed by atoms with E-state index >= 15 is 0 Å². The number of amides is 1. The first-order valence-electron chi connectivity index (χ1n) is 10.1. The Morgan fingerprint density at radius 2 is 1.90 bits per heavy atom. The van der Waals surface area contributed by atoms with Crippen molar-refractivity contribution in [3.63, 3.8) is 0 Å². The molecule has 1 aliphatic heterocycles. The lowest BCUT2D eigenvalue weighted by Crippen LogP contribution is -2.31. The van der Waals surface area contributed by atoms with E-state index in [1.54, 1.807) is 4.57 Å². The second-order valence-electron chi connectivity index (χ2n) is 7.74. The average molecular weight is 427 g/mol. The Kier molecular flexibility index (Phi) is 5.76. The molecule has 7 nitrogen and oxygen atoms in total. The highest BCUT2D eigenvalue weighted by atomic mass is 32.2. The van der Waals surface area contributed by atoms with Gasteiger partial charge in [-0.25, -0.2) is 13.4 Å². The van der Waals surface area contributed by atoms with Crippen LogP contribution in [0.25, 0.3) is 11.0 Å². The number of benzene rings is 2. The fourth-order valence-electron chi connectivity index (χ4n) is 3.98. The number of imidazole rings is 1. The number of carbonyl (C=O) groups is 1. The van der Waals surface area contributed by atoms with E-state index in [1.165, 1.54) is 17.5 Å². The number of nitrogens with zero attached hydrogens (tertiary/aromatic N) is 3. The largest absolute Gasteiger partial charge is 0.371 e. The Morgan fingerprint density at radius 3 is 2.73 bits per heavy atom. The zero-order valence-corrected chi connectivity index (χ0v) is 17.9. The van der Waals surface area contributed by atoms with Crippen LogP contribution in [0.5, 0.6) is 0 Å². The van der Waals surface area contributed by atoms with Crippen molar-refractivity contribution >= 4 is 32.5 Å². The molecule has 2 heterocycles. The highest BCUT2D eigenvalue weighted by molar-refractivity contribution is 7.89. The van der Waals surface area contributed by atoms with E-state index in [-0.39, 0.29) is 18.2 Å². The van der Waals surface area contributed by atoms with Gasteiger partial charge >= 0.3 is 0 Å². The van der Waals surface area contributed by atoms with Crippen LogP contribution in [0.1, 0.15) is 17.8 Å². The number of sulfone groups is 1. The molecule has 1 N–H and O–H groups in total. The van der Waals surface area contributed by atoms with Gasteiger partial charge < -0.3 is 14.8 Å². The maximum atomic E-state index is 12.5. The van der Waals surface area contributed by atoms with Crippen LogP contribution >= 0.6 is 0 Å². The van der Waals surface area contributed by atoms with E-state index in [0.29, 0.717) is 17.9 Å². The summed E-state index contributed by atoms with van der Waals surface area (Å²) in [5, 5.41) is 2.96. The van der Waals surface area contributed by atoms with Crippen LogP contribution < -0.4 is 10.2 Å². The number of anilines is 1. The van der Waals surface area contributed by atoms with Crippen LogP contribution in [-0.4, -0.2) is 49.8 Å². The van der Waals surface area contributed by atoms with Gasteiger partial charge in [-0.3, -0.25) is 4.79 Å². The molecule has 0 bridgehead atoms. The molecule has 3 aromatic rings. The van der Waals surface area contributed by atoms with Crippen molar-refractivity contribution in [2.75, 3.05) is 30.8 Å². The summed E-state index contributed by atoms with van der Waals surface area (Å²) >= 11 is 0. The number of hydrogen-bond donors (Lipinski definition) is 1. The molecule has 0 atom stereocenters. The van der Waals surface area contributed by atoms with Gasteiger partial charge in [0.2, 0.25) is 5.91 Å². The summed E-state index contributed by atoms with van der Waals surface area (Å²) in [5.41, 5.74) is 4.13. The molecule has 4 rings (SSSR count). The van der Waals surface area contributed by atoms with E-state index in [2.05, 4.69) is 39.5 Å². The Balaban J connectivity index is 1.35. The number of hydrogen-bond acceptors (Lipinski definition) is 5. The van der Waals surface area contributed by atoms with Gasteiger partial charge in [0, 0.05) is 31.6 Å². The van der Waals surface area contributed by atoms with E-state index in [9.17, 15) is 13.2 Å². The minimum Gasteiger partial charge on any atom is -0.371 e. The summed E-state index contributed by atoms with van der Waals surface area (Å²) in [6, 6.07) is 15.8. The molecule has 30 heavy (non-hydrogen) atoms. The van der Waals surface area contributed by atoms with Gasteiger partial charge in [0.05, 0.1) is 11.0 Å². The molecule has 1 aliphatic rings. The molecule has 0 spiro atoms. The van der Waals surface area contributed by atoms with Gasteiger partial charge in [0.1, 0.15) is 18.1 Å². The Hall–Kier alpha value is -2.87. The highest BCUT2D eigenvalue weighted by Gasteiger charge is 2.19. The third-order valence-corrected chi connectivity index (χ3v) is 6.12.